The summed E-state index contributed by atoms with van der Waals surface area (Å²) in [6, 6.07) is 21.1. The Morgan fingerprint density at radius 3 is 2.64 bits per heavy atom. The number of amides is 2. The highest BCUT2D eigenvalue weighted by Crippen LogP contribution is 2.37. The number of rotatable bonds is 6. The fraction of sp³-hybridized carbons (Fsp3) is 0.0800. The molecule has 1 aliphatic rings. The van der Waals surface area contributed by atoms with Crippen molar-refractivity contribution < 1.29 is 19.1 Å². The Kier molecular flexibility index (Phi) is 6.68. The van der Waals surface area contributed by atoms with Gasteiger partial charge in [-0.25, -0.2) is 4.90 Å². The Balaban J connectivity index is 1.55. The lowest BCUT2D eigenvalue weighted by Crippen LogP contribution is -2.27. The van der Waals surface area contributed by atoms with Crippen LogP contribution in [0.15, 0.2) is 71.6 Å². The molecule has 8 heteroatoms. The average molecular weight is 477 g/mol. The van der Waals surface area contributed by atoms with Crippen molar-refractivity contribution in [2.24, 2.45) is 0 Å². The first kappa shape index (κ1) is 22.5. The van der Waals surface area contributed by atoms with Crippen LogP contribution in [-0.2, 0) is 11.4 Å². The molecule has 0 aliphatic carbocycles. The number of imide groups is 1. The molecule has 0 unspecified atom stereocenters. The van der Waals surface area contributed by atoms with E-state index < -0.39 is 11.1 Å². The fourth-order valence-corrected chi connectivity index (χ4v) is 4.29. The molecule has 33 heavy (non-hydrogen) atoms. The van der Waals surface area contributed by atoms with Gasteiger partial charge < -0.3 is 9.47 Å². The second kappa shape index (κ2) is 9.82. The smallest absolute Gasteiger partial charge is 0.298 e. The Morgan fingerprint density at radius 2 is 1.88 bits per heavy atom. The van der Waals surface area contributed by atoms with Crippen molar-refractivity contribution in [1.82, 2.24) is 0 Å². The predicted octanol–water partition coefficient (Wildman–Crippen LogP) is 6.04. The molecule has 164 valence electrons. The minimum absolute atomic E-state index is 0.206. The van der Waals surface area contributed by atoms with Gasteiger partial charge in [-0.1, -0.05) is 41.9 Å². The number of nitrogens with zero attached hydrogens (tertiary/aromatic N) is 2. The van der Waals surface area contributed by atoms with Crippen LogP contribution in [0.5, 0.6) is 11.5 Å². The van der Waals surface area contributed by atoms with Crippen molar-refractivity contribution in [2.45, 2.75) is 6.61 Å². The van der Waals surface area contributed by atoms with Crippen LogP contribution in [0.2, 0.25) is 5.02 Å². The Morgan fingerprint density at radius 1 is 1.06 bits per heavy atom. The average Bonchev–Trinajstić information content (AvgIpc) is 3.10. The van der Waals surface area contributed by atoms with E-state index in [-0.39, 0.29) is 6.61 Å². The van der Waals surface area contributed by atoms with Crippen LogP contribution in [0.4, 0.5) is 10.5 Å². The lowest BCUT2D eigenvalue weighted by Gasteiger charge is -2.13. The van der Waals surface area contributed by atoms with E-state index in [9.17, 15) is 14.9 Å². The van der Waals surface area contributed by atoms with Gasteiger partial charge in [0.25, 0.3) is 11.1 Å². The molecule has 0 saturated carbocycles. The summed E-state index contributed by atoms with van der Waals surface area (Å²) in [5.41, 5.74) is 2.41. The van der Waals surface area contributed by atoms with Crippen LogP contribution in [0.1, 0.15) is 16.7 Å². The third kappa shape index (κ3) is 4.87. The number of carbonyl (C=O) groups excluding carboxylic acids is 2. The Bertz CT molecular complexity index is 1320. The van der Waals surface area contributed by atoms with Gasteiger partial charge in [-0.15, -0.1) is 0 Å². The lowest BCUT2D eigenvalue weighted by molar-refractivity contribution is -0.113. The van der Waals surface area contributed by atoms with Crippen LogP contribution in [0.3, 0.4) is 0 Å². The van der Waals surface area contributed by atoms with Gasteiger partial charge in [0.1, 0.15) is 6.61 Å². The van der Waals surface area contributed by atoms with E-state index in [0.29, 0.717) is 38.2 Å². The third-order valence-electron chi connectivity index (χ3n) is 4.87. The molecule has 2 amide bonds. The van der Waals surface area contributed by atoms with E-state index >= 15 is 0 Å². The topological polar surface area (TPSA) is 79.6 Å². The lowest BCUT2D eigenvalue weighted by atomic mass is 10.1. The number of benzene rings is 3. The number of ether oxygens (including phenoxy) is 2. The Hall–Kier alpha value is -3.73. The van der Waals surface area contributed by atoms with Crippen LogP contribution < -0.4 is 14.4 Å². The van der Waals surface area contributed by atoms with Crippen LogP contribution in [0, 0.1) is 11.3 Å². The maximum absolute atomic E-state index is 12.9. The van der Waals surface area contributed by atoms with E-state index in [4.69, 9.17) is 21.1 Å². The van der Waals surface area contributed by atoms with E-state index in [2.05, 4.69) is 6.07 Å². The molecule has 6 nitrogen and oxygen atoms in total. The van der Waals surface area contributed by atoms with Crippen molar-refractivity contribution in [3.63, 3.8) is 0 Å². The summed E-state index contributed by atoms with van der Waals surface area (Å²) in [6.07, 6.45) is 1.63. The predicted molar refractivity (Wildman–Crippen MR) is 128 cm³/mol. The molecule has 3 aromatic rings. The molecule has 0 spiro atoms. The number of hydrogen-bond donors (Lipinski definition) is 0. The third-order valence-corrected chi connectivity index (χ3v) is 5.97. The monoisotopic (exact) mass is 476 g/mol. The van der Waals surface area contributed by atoms with Gasteiger partial charge in [-0.05, 0) is 59.8 Å². The molecule has 1 aliphatic heterocycles. The molecule has 4 rings (SSSR count). The summed E-state index contributed by atoms with van der Waals surface area (Å²) in [5, 5.41) is 9.28. The maximum atomic E-state index is 12.9. The molecule has 0 aromatic heterocycles. The highest BCUT2D eigenvalue weighted by molar-refractivity contribution is 8.19. The van der Waals surface area contributed by atoms with Crippen molar-refractivity contribution in [3.8, 4) is 17.6 Å². The summed E-state index contributed by atoms with van der Waals surface area (Å²) >= 11 is 6.86. The first-order valence-electron chi connectivity index (χ1n) is 9.82. The number of anilines is 1. The maximum Gasteiger partial charge on any atom is 0.298 e. The van der Waals surface area contributed by atoms with E-state index in [1.165, 1.54) is 7.11 Å². The van der Waals surface area contributed by atoms with E-state index in [1.54, 1.807) is 60.7 Å². The van der Waals surface area contributed by atoms with Gasteiger partial charge in [0, 0.05) is 10.6 Å². The van der Waals surface area contributed by atoms with Crippen molar-refractivity contribution in [3.05, 3.63) is 93.3 Å². The zero-order valence-electron chi connectivity index (χ0n) is 17.4. The summed E-state index contributed by atoms with van der Waals surface area (Å²) in [6.45, 7) is 0.206. The number of hydrogen-bond acceptors (Lipinski definition) is 6. The van der Waals surface area contributed by atoms with Gasteiger partial charge in [0.05, 0.1) is 29.3 Å². The zero-order valence-corrected chi connectivity index (χ0v) is 19.0. The standard InChI is InChI=1S/C25H17ClN2O4S/c1-31-22-11-16(9-10-21(22)32-15-18-6-3-2-5-17(18)14-27)12-23-24(29)28(25(30)33-23)20-8-4-7-19(26)13-20/h2-13H,15H2,1H3/b23-12+. The molecular formula is C25H17ClN2O4S. The quantitative estimate of drug-likeness (QED) is 0.403. The van der Waals surface area contributed by atoms with Gasteiger partial charge in [0.2, 0.25) is 0 Å². The van der Waals surface area contributed by atoms with Gasteiger partial charge in [-0.2, -0.15) is 5.26 Å². The molecule has 3 aromatic carbocycles. The SMILES string of the molecule is COc1cc(/C=C2/SC(=O)N(c3cccc(Cl)c3)C2=O)ccc1OCc1ccccc1C#N. The molecule has 0 N–H and O–H groups in total. The normalized spacial score (nSPS) is 14.5. The molecule has 0 radical (unpaired) electrons. The largest absolute Gasteiger partial charge is 0.493 e. The minimum Gasteiger partial charge on any atom is -0.493 e. The van der Waals surface area contributed by atoms with Crippen LogP contribution in [-0.4, -0.2) is 18.3 Å². The van der Waals surface area contributed by atoms with Gasteiger partial charge >= 0.3 is 0 Å². The first-order valence-corrected chi connectivity index (χ1v) is 11.0. The zero-order chi connectivity index (χ0) is 23.4. The number of carbonyl (C=O) groups is 2. The molecule has 0 atom stereocenters. The Labute approximate surface area is 200 Å². The summed E-state index contributed by atoms with van der Waals surface area (Å²) < 4.78 is 11.3. The van der Waals surface area contributed by atoms with E-state index in [1.807, 2.05) is 12.1 Å². The second-order valence-corrected chi connectivity index (χ2v) is 8.39. The van der Waals surface area contributed by atoms with Gasteiger partial charge in [0.15, 0.2) is 11.5 Å². The van der Waals surface area contributed by atoms with Crippen molar-refractivity contribution >= 4 is 46.3 Å². The van der Waals surface area contributed by atoms with Crippen molar-refractivity contribution in [2.75, 3.05) is 12.0 Å². The highest BCUT2D eigenvalue weighted by atomic mass is 35.5. The van der Waals surface area contributed by atoms with Crippen molar-refractivity contribution in [1.29, 1.82) is 5.26 Å². The molecule has 0 bridgehead atoms. The first-order chi connectivity index (χ1) is 16.0. The number of methoxy groups -OCH3 is 1. The summed E-state index contributed by atoms with van der Waals surface area (Å²) in [7, 11) is 1.52. The number of thioether (sulfide) groups is 1. The molecule has 1 heterocycles. The summed E-state index contributed by atoms with van der Waals surface area (Å²) in [4.78, 5) is 26.7. The highest BCUT2D eigenvalue weighted by Gasteiger charge is 2.36. The van der Waals surface area contributed by atoms with E-state index in [0.717, 1.165) is 22.2 Å². The molecule has 1 fully saturated rings. The van der Waals surface area contributed by atoms with Gasteiger partial charge in [-0.3, -0.25) is 9.59 Å². The van der Waals surface area contributed by atoms with Crippen LogP contribution in [0.25, 0.3) is 6.08 Å². The number of halogens is 1. The number of nitriles is 1. The minimum atomic E-state index is -0.417. The second-order valence-electron chi connectivity index (χ2n) is 6.96. The summed E-state index contributed by atoms with van der Waals surface area (Å²) in [5.74, 6) is 0.543. The molecule has 1 saturated heterocycles. The molecular weight excluding hydrogens is 460 g/mol. The fourth-order valence-electron chi connectivity index (χ4n) is 3.26. The van der Waals surface area contributed by atoms with Crippen LogP contribution >= 0.6 is 23.4 Å².